The summed E-state index contributed by atoms with van der Waals surface area (Å²) in [5, 5.41) is 13.0. The summed E-state index contributed by atoms with van der Waals surface area (Å²) in [4.78, 5) is 84.6. The zero-order valence-electron chi connectivity index (χ0n) is 42.5. The van der Waals surface area contributed by atoms with Gasteiger partial charge in [0.15, 0.2) is 0 Å². The molecule has 74 heavy (non-hydrogen) atoms. The molecule has 14 nitrogen and oxygen atoms in total. The second-order valence-corrected chi connectivity index (χ2v) is 20.0. The number of ether oxygens (including phenoxy) is 3. The number of carbonyl (C=O) groups excluding carboxylic acids is 5. The van der Waals surface area contributed by atoms with E-state index in [1.165, 1.54) is 7.11 Å². The van der Waals surface area contributed by atoms with Gasteiger partial charge in [0.1, 0.15) is 36.0 Å². The van der Waals surface area contributed by atoms with Gasteiger partial charge >= 0.3 is 18.0 Å². The quantitative estimate of drug-likeness (QED) is 0.0873. The number of methoxy groups -OCH3 is 1. The van der Waals surface area contributed by atoms with Crippen LogP contribution in [-0.4, -0.2) is 109 Å². The fourth-order valence-electron chi connectivity index (χ4n) is 11.6. The van der Waals surface area contributed by atoms with Crippen LogP contribution < -0.4 is 15.0 Å². The van der Waals surface area contributed by atoms with Crippen molar-refractivity contribution in [1.82, 2.24) is 20.0 Å². The van der Waals surface area contributed by atoms with Crippen molar-refractivity contribution in [2.24, 2.45) is 11.8 Å². The van der Waals surface area contributed by atoms with Gasteiger partial charge in [-0.25, -0.2) is 14.5 Å². The number of benzene rings is 5. The summed E-state index contributed by atoms with van der Waals surface area (Å²) in [6.07, 6.45) is 3.33. The van der Waals surface area contributed by atoms with E-state index in [1.807, 2.05) is 103 Å². The van der Waals surface area contributed by atoms with Gasteiger partial charge in [0.25, 0.3) is 0 Å². The number of hydrogen-bond donors (Lipinski definition) is 2. The Morgan fingerprint density at radius 1 is 0.824 bits per heavy atom. The number of hydrogen-bond acceptors (Lipinski definition) is 11. The molecule has 4 aliphatic heterocycles. The van der Waals surface area contributed by atoms with Crippen molar-refractivity contribution < 1.29 is 43.3 Å². The first kappa shape index (κ1) is 51.6. The van der Waals surface area contributed by atoms with Crippen LogP contribution in [0.1, 0.15) is 97.5 Å². The largest absolute Gasteiger partial charge is 0.491 e. The molecule has 4 amide bonds. The summed E-state index contributed by atoms with van der Waals surface area (Å²) in [6.45, 7) is 4.93. The highest BCUT2D eigenvalue weighted by Gasteiger charge is 2.76. The van der Waals surface area contributed by atoms with Gasteiger partial charge in [0.05, 0.1) is 44.0 Å². The molecular formula is C60H65N5O9. The first-order valence-corrected chi connectivity index (χ1v) is 25.8. The Labute approximate surface area is 433 Å². The smallest absolute Gasteiger partial charge is 0.329 e. The lowest BCUT2D eigenvalue weighted by Gasteiger charge is -2.46. The second kappa shape index (κ2) is 22.8. The molecule has 4 heterocycles. The van der Waals surface area contributed by atoms with Gasteiger partial charge in [-0.05, 0) is 72.3 Å². The number of nitrogens with one attached hydrogen (secondary N) is 1. The van der Waals surface area contributed by atoms with Crippen LogP contribution in [0.25, 0.3) is 0 Å². The van der Waals surface area contributed by atoms with Crippen molar-refractivity contribution in [2.45, 2.75) is 88.2 Å². The van der Waals surface area contributed by atoms with Gasteiger partial charge in [-0.3, -0.25) is 24.2 Å². The average Bonchev–Trinajstić information content (AvgIpc) is 3.94. The Hall–Kier alpha value is -7.31. The number of anilines is 1. The van der Waals surface area contributed by atoms with Crippen LogP contribution in [0.2, 0.25) is 0 Å². The van der Waals surface area contributed by atoms with Crippen molar-refractivity contribution in [3.63, 3.8) is 0 Å². The Morgan fingerprint density at radius 3 is 2.12 bits per heavy atom. The number of fused-ring (bicyclic) bond motifs is 3. The first-order valence-electron chi connectivity index (χ1n) is 25.8. The molecule has 9 rings (SSSR count). The van der Waals surface area contributed by atoms with Gasteiger partial charge in [-0.15, -0.1) is 0 Å². The minimum Gasteiger partial charge on any atom is -0.491 e. The van der Waals surface area contributed by atoms with Crippen molar-refractivity contribution in [3.05, 3.63) is 167 Å². The highest BCUT2D eigenvalue weighted by molar-refractivity contribution is 6.25. The first-order chi connectivity index (χ1) is 36.0. The van der Waals surface area contributed by atoms with E-state index >= 15 is 19.2 Å². The lowest BCUT2D eigenvalue weighted by Crippen LogP contribution is -2.58. The lowest BCUT2D eigenvalue weighted by atomic mass is 9.64. The number of carbonyl (C=O) groups is 5. The van der Waals surface area contributed by atoms with E-state index in [0.29, 0.717) is 54.2 Å². The average molecular weight is 1000 g/mol. The van der Waals surface area contributed by atoms with Crippen molar-refractivity contribution in [2.75, 3.05) is 51.9 Å². The molecule has 14 heteroatoms. The van der Waals surface area contributed by atoms with Gasteiger partial charge < -0.3 is 29.5 Å². The summed E-state index contributed by atoms with van der Waals surface area (Å²) in [6, 6.07) is 36.0. The van der Waals surface area contributed by atoms with Gasteiger partial charge in [0, 0.05) is 30.8 Å². The maximum absolute atomic E-state index is 17.0. The summed E-state index contributed by atoms with van der Waals surface area (Å²) in [5.74, 6) is 2.44. The normalized spacial score (nSPS) is 23.0. The number of rotatable bonds is 13. The number of morpholine rings is 1. The highest BCUT2D eigenvalue weighted by atomic mass is 16.6. The summed E-state index contributed by atoms with van der Waals surface area (Å²) in [7, 11) is 3.22. The molecule has 3 fully saturated rings. The zero-order chi connectivity index (χ0) is 51.9. The molecule has 0 radical (unpaired) electrons. The minimum atomic E-state index is -2.08. The molecule has 0 unspecified atom stereocenters. The van der Waals surface area contributed by atoms with Gasteiger partial charge in [-0.1, -0.05) is 154 Å². The number of imide groups is 1. The van der Waals surface area contributed by atoms with Crippen molar-refractivity contribution in [3.8, 4) is 17.6 Å². The van der Waals surface area contributed by atoms with E-state index in [4.69, 9.17) is 14.2 Å². The molecule has 0 aliphatic carbocycles. The number of para-hydroxylation sites is 1. The maximum atomic E-state index is 17.0. The minimum absolute atomic E-state index is 0.102. The highest BCUT2D eigenvalue weighted by Crippen LogP contribution is 2.67. The van der Waals surface area contributed by atoms with Crippen LogP contribution in [0.4, 0.5) is 10.5 Å². The Balaban J connectivity index is 1.34. The van der Waals surface area contributed by atoms with Crippen LogP contribution in [0.15, 0.2) is 133 Å². The fraction of sp³-hybridized carbons (Fsp3) is 0.383. The van der Waals surface area contributed by atoms with E-state index in [-0.39, 0.29) is 18.9 Å². The number of likely N-dealkylation sites (tertiary alicyclic amines) is 1. The molecule has 0 saturated carbocycles. The second-order valence-electron chi connectivity index (χ2n) is 20.0. The van der Waals surface area contributed by atoms with E-state index < -0.39 is 77.3 Å². The molecule has 5 aromatic rings. The predicted octanol–water partition coefficient (Wildman–Crippen LogP) is 7.91. The number of aliphatic hydroxyl groups excluding tert-OH is 1. The third kappa shape index (κ3) is 9.91. The number of amides is 4. The monoisotopic (exact) mass is 999 g/mol. The van der Waals surface area contributed by atoms with Gasteiger partial charge in [-0.2, -0.15) is 0 Å². The lowest BCUT2D eigenvalue weighted by molar-refractivity contribution is -0.179. The molecule has 2 N–H and O–H groups in total. The summed E-state index contributed by atoms with van der Waals surface area (Å²) >= 11 is 0. The molecule has 5 aromatic carbocycles. The van der Waals surface area contributed by atoms with E-state index in [1.54, 1.807) is 49.1 Å². The topological polar surface area (TPSA) is 158 Å². The standard InChI is InChI=1S/C60H65N5O9/c1-40(2)50(56(68)72-4)61-59(71)64-47-32-31-41(24-21-33-62(3)39-42-22-11-8-12-23-42)38-46(47)60(58(64)70)49(55(67)63-34-19-6-5-7-20-35-63)52-57(69)74-53(44-27-15-10-16-28-44)51(43-25-13-9-14-26-43)65(52)54(60)45-29-17-18-30-48(45)73-37-36-66/h8-18,22-23,25-32,38,40,49-54,66H,5-7,19-20,33-37,39H2,1-4H3,(H,61,71)/t49-,50-,51-,52-,53+,54+,60-/m0/s1. The fourth-order valence-corrected chi connectivity index (χ4v) is 11.6. The van der Waals surface area contributed by atoms with Gasteiger partial charge in [0.2, 0.25) is 11.8 Å². The number of aliphatic hydroxyl groups is 1. The number of cyclic esters (lactones) is 1. The van der Waals surface area contributed by atoms with Crippen LogP contribution in [-0.2, 0) is 40.6 Å². The van der Waals surface area contributed by atoms with Crippen molar-refractivity contribution >= 4 is 35.5 Å². The maximum Gasteiger partial charge on any atom is 0.329 e. The molecule has 7 atom stereocenters. The SMILES string of the molecule is COC(=O)[C@@H](NC(=O)N1C(=O)[C@@]2(c3cc(C#CCN(C)Cc4ccccc4)ccc31)[C@H](C(=O)N1CCCCCCC1)[C@H]1C(=O)O[C@H](c3ccccc3)[C@H](c3ccccc3)N1[C@@H]2c1ccccc1OCCO)C(C)C. The molecule has 1 spiro atoms. The molecule has 4 aliphatic rings. The van der Waals surface area contributed by atoms with Crippen LogP contribution in [0, 0.1) is 23.7 Å². The van der Waals surface area contributed by atoms with Crippen LogP contribution in [0.5, 0.6) is 5.75 Å². The number of nitrogens with zero attached hydrogens (tertiary/aromatic N) is 4. The molecule has 0 bridgehead atoms. The Morgan fingerprint density at radius 2 is 1.46 bits per heavy atom. The van der Waals surface area contributed by atoms with E-state index in [0.717, 1.165) is 48.1 Å². The number of urea groups is 1. The third-order valence-electron chi connectivity index (χ3n) is 14.9. The summed E-state index contributed by atoms with van der Waals surface area (Å²) in [5.41, 5.74) is 1.93. The predicted molar refractivity (Wildman–Crippen MR) is 279 cm³/mol. The summed E-state index contributed by atoms with van der Waals surface area (Å²) < 4.78 is 18.2. The van der Waals surface area contributed by atoms with E-state index in [2.05, 4.69) is 34.2 Å². The Bertz CT molecular complexity index is 2880. The van der Waals surface area contributed by atoms with Crippen LogP contribution >= 0.6 is 0 Å². The van der Waals surface area contributed by atoms with Crippen LogP contribution in [0.3, 0.4) is 0 Å². The zero-order valence-corrected chi connectivity index (χ0v) is 42.5. The molecule has 0 aromatic heterocycles. The molecular weight excluding hydrogens is 935 g/mol. The molecule has 384 valence electrons. The molecule has 3 saturated heterocycles. The Kier molecular flexibility index (Phi) is 15.9. The third-order valence-corrected chi connectivity index (χ3v) is 14.9. The van der Waals surface area contributed by atoms with Crippen molar-refractivity contribution in [1.29, 1.82) is 0 Å². The van der Waals surface area contributed by atoms with E-state index in [9.17, 15) is 9.90 Å². The number of esters is 2.